The van der Waals surface area contributed by atoms with Crippen LogP contribution in [0, 0.1) is 64.2 Å². The predicted octanol–water partition coefficient (Wildman–Crippen LogP) is 2.35. The maximum absolute atomic E-state index is 11.9. The molecule has 0 amide bonds. The molecule has 5 nitrogen and oxygen atoms in total. The minimum atomic E-state index is -0.887. The molecule has 0 heterocycles. The van der Waals surface area contributed by atoms with Crippen molar-refractivity contribution in [2.24, 2.45) is 15.9 Å². The monoisotopic (exact) mass is 419 g/mol. The van der Waals surface area contributed by atoms with E-state index >= 15 is 0 Å². The first-order chi connectivity index (χ1) is 13.6. The molecule has 2 N–H and O–H groups in total. The normalized spacial score (nSPS) is 16.3. The molecule has 2 aromatic carbocycles. The van der Waals surface area contributed by atoms with Crippen molar-refractivity contribution in [3.8, 4) is 5.75 Å². The van der Waals surface area contributed by atoms with Gasteiger partial charge in [0.05, 0.1) is 11.7 Å². The summed E-state index contributed by atoms with van der Waals surface area (Å²) in [6, 6.07) is 9.79. The van der Waals surface area contributed by atoms with E-state index in [1.165, 1.54) is 6.07 Å². The molecular weight excluding hydrogens is 398 g/mol. The van der Waals surface area contributed by atoms with Crippen molar-refractivity contribution in [3.05, 3.63) is 106 Å². The molecule has 10 radical (unpaired) electrons. The van der Waals surface area contributed by atoms with Crippen LogP contribution >= 0.6 is 0 Å². The van der Waals surface area contributed by atoms with E-state index < -0.39 is 6.02 Å². The van der Waals surface area contributed by atoms with Gasteiger partial charge in [0.15, 0.2) is 0 Å². The minimum Gasteiger partial charge on any atom is -0.872 e. The maximum atomic E-state index is 11.9. The Morgan fingerprint density at radius 2 is 1.24 bits per heavy atom. The maximum Gasteiger partial charge on any atom is 4.00 e. The molecule has 0 aliphatic heterocycles. The van der Waals surface area contributed by atoms with Gasteiger partial charge in [0, 0.05) is 0 Å². The van der Waals surface area contributed by atoms with E-state index in [1.54, 1.807) is 13.0 Å². The molecule has 0 bridgehead atoms. The zero-order valence-corrected chi connectivity index (χ0v) is 17.6. The summed E-state index contributed by atoms with van der Waals surface area (Å²) in [7, 11) is 0. The first kappa shape index (κ1) is 25.2. The third kappa shape index (κ3) is 9.01. The molecule has 0 saturated heterocycles. The molecule has 2 aromatic rings. The van der Waals surface area contributed by atoms with Crippen molar-refractivity contribution in [2.75, 3.05) is 0 Å². The molecular formula is C23H21N3O2Ti+2. The summed E-state index contributed by atoms with van der Waals surface area (Å²) in [4.78, 5) is 0. The third-order valence-electron chi connectivity index (χ3n) is 3.66. The van der Waals surface area contributed by atoms with Gasteiger partial charge in [0.1, 0.15) is 0 Å². The van der Waals surface area contributed by atoms with Crippen molar-refractivity contribution >= 4 is 22.5 Å². The van der Waals surface area contributed by atoms with Crippen LogP contribution in [0.1, 0.15) is 12.5 Å². The van der Waals surface area contributed by atoms with Gasteiger partial charge in [-0.25, -0.2) is 0 Å². The van der Waals surface area contributed by atoms with E-state index in [2.05, 4.69) is 10.2 Å². The van der Waals surface area contributed by atoms with Gasteiger partial charge < -0.3 is 15.9 Å². The molecule has 2 fully saturated rings. The second-order valence-electron chi connectivity index (χ2n) is 5.71. The van der Waals surface area contributed by atoms with Crippen LogP contribution in [0.25, 0.3) is 10.8 Å². The van der Waals surface area contributed by atoms with E-state index in [-0.39, 0.29) is 27.5 Å². The van der Waals surface area contributed by atoms with E-state index in [0.717, 1.165) is 10.8 Å². The van der Waals surface area contributed by atoms with Crippen LogP contribution in [0.5, 0.6) is 5.75 Å². The van der Waals surface area contributed by atoms with Crippen LogP contribution in [-0.2, 0) is 21.7 Å². The molecule has 29 heavy (non-hydrogen) atoms. The van der Waals surface area contributed by atoms with Gasteiger partial charge >= 0.3 is 21.7 Å². The predicted molar refractivity (Wildman–Crippen MR) is 110 cm³/mol. The number of amidine groups is 1. The fourth-order valence-corrected chi connectivity index (χ4v) is 2.44. The molecule has 4 rings (SSSR count). The zero-order chi connectivity index (χ0) is 20.2. The standard InChI is InChI=1S/C13H13N3O2.2C5H5.Ti/c1-8(15-16-13(14)18)12-10-5-3-2-4-9(10)6-7-11(12)17;2*1-2-4-5-3-1;/h2-7,17H,1H3,(H3,14,16,18);2*1-5H;/q;;;+4/p-2/b15-8+;;;. The fraction of sp³-hybridized carbons (Fsp3) is 0.0435. The number of rotatable bonds is 2. The summed E-state index contributed by atoms with van der Waals surface area (Å²) in [5.74, 6) is -0.158. The van der Waals surface area contributed by atoms with E-state index in [4.69, 9.17) is 5.73 Å². The summed E-state index contributed by atoms with van der Waals surface area (Å²) < 4.78 is 0. The quantitative estimate of drug-likeness (QED) is 0.350. The summed E-state index contributed by atoms with van der Waals surface area (Å²) >= 11 is 0. The zero-order valence-electron chi connectivity index (χ0n) is 16.0. The largest absolute Gasteiger partial charge is 4.00 e. The molecule has 142 valence electrons. The Morgan fingerprint density at radius 1 is 0.759 bits per heavy atom. The van der Waals surface area contributed by atoms with Gasteiger partial charge in [-0.15, -0.1) is 5.10 Å². The topological polar surface area (TPSA) is 96.9 Å². The van der Waals surface area contributed by atoms with Crippen LogP contribution in [-0.4, -0.2) is 11.7 Å². The molecule has 0 spiro atoms. The molecule has 0 unspecified atom stereocenters. The van der Waals surface area contributed by atoms with Gasteiger partial charge in [0.2, 0.25) is 0 Å². The molecule has 6 heteroatoms. The van der Waals surface area contributed by atoms with Crippen LogP contribution < -0.4 is 15.9 Å². The van der Waals surface area contributed by atoms with Crippen LogP contribution in [0.4, 0.5) is 0 Å². The summed E-state index contributed by atoms with van der Waals surface area (Å²) in [5.41, 5.74) is 5.69. The number of nitrogens with two attached hydrogens (primary N) is 1. The first-order valence-corrected chi connectivity index (χ1v) is 8.67. The van der Waals surface area contributed by atoms with Gasteiger partial charge in [-0.05, 0) is 87.5 Å². The van der Waals surface area contributed by atoms with Crippen molar-refractivity contribution < 1.29 is 31.9 Å². The van der Waals surface area contributed by atoms with Crippen molar-refractivity contribution in [2.45, 2.75) is 6.92 Å². The second kappa shape index (κ2) is 14.2. The molecule has 0 aromatic heterocycles. The Hall–Kier alpha value is -1.85. The Labute approximate surface area is 189 Å². The Morgan fingerprint density at radius 3 is 1.72 bits per heavy atom. The third-order valence-corrected chi connectivity index (χ3v) is 3.66. The van der Waals surface area contributed by atoms with Crippen molar-refractivity contribution in [1.82, 2.24) is 0 Å². The minimum absolute atomic E-state index is 0. The van der Waals surface area contributed by atoms with Crippen LogP contribution in [0.15, 0.2) is 46.6 Å². The van der Waals surface area contributed by atoms with Gasteiger partial charge in [-0.2, -0.15) is 5.10 Å². The van der Waals surface area contributed by atoms with Gasteiger partial charge in [-0.1, -0.05) is 42.1 Å². The Bertz CT molecular complexity index is 769. The second-order valence-corrected chi connectivity index (χ2v) is 5.71. The van der Waals surface area contributed by atoms with Gasteiger partial charge in [0.25, 0.3) is 0 Å². The molecule has 0 atom stereocenters. The Kier molecular flexibility index (Phi) is 12.3. The van der Waals surface area contributed by atoms with E-state index in [0.29, 0.717) is 11.3 Å². The van der Waals surface area contributed by atoms with Crippen molar-refractivity contribution in [3.63, 3.8) is 0 Å². The first-order valence-electron chi connectivity index (χ1n) is 8.67. The Balaban J connectivity index is 0.000000311. The van der Waals surface area contributed by atoms with Crippen LogP contribution in [0.3, 0.4) is 0 Å². The number of nitrogens with zero attached hydrogens (tertiary/aromatic N) is 2. The van der Waals surface area contributed by atoms with Crippen molar-refractivity contribution in [1.29, 1.82) is 0 Å². The smallest absolute Gasteiger partial charge is 0.872 e. The van der Waals surface area contributed by atoms with E-state index in [9.17, 15) is 10.2 Å². The fourth-order valence-electron chi connectivity index (χ4n) is 2.44. The summed E-state index contributed by atoms with van der Waals surface area (Å²) in [6.07, 6.45) is 20.0. The number of hydrogen-bond donors (Lipinski definition) is 1. The number of hydrogen-bond acceptors (Lipinski definition) is 4. The summed E-state index contributed by atoms with van der Waals surface area (Å²) in [5, 5.41) is 31.1. The molecule has 2 saturated carbocycles. The molecule has 2 aliphatic rings. The SMILES string of the molecule is C/C(=N\N=C(/N)[O-])c1c([O-])ccc2ccccc12.[CH]1[CH][CH][CH][CH]1.[CH]1[CH][CH][CH][CH]1.[Ti+4]. The summed E-state index contributed by atoms with van der Waals surface area (Å²) in [6.45, 7) is 1.62. The van der Waals surface area contributed by atoms with E-state index in [1.807, 2.05) is 88.5 Å². The number of fused-ring (bicyclic) bond motifs is 1. The van der Waals surface area contributed by atoms with Crippen LogP contribution in [0.2, 0.25) is 0 Å². The molecule has 2 aliphatic carbocycles. The number of benzene rings is 2. The van der Waals surface area contributed by atoms with Gasteiger partial charge in [-0.3, -0.25) is 0 Å². The average Bonchev–Trinajstić information content (AvgIpc) is 3.45. The average molecular weight is 419 g/mol.